The molecule has 0 bridgehead atoms. The van der Waals surface area contributed by atoms with Crippen LogP contribution in [0.15, 0.2) is 28.2 Å². The van der Waals surface area contributed by atoms with Gasteiger partial charge in [-0.15, -0.1) is 11.3 Å². The average Bonchev–Trinajstić information content (AvgIpc) is 3.08. The van der Waals surface area contributed by atoms with Crippen molar-refractivity contribution in [1.29, 1.82) is 0 Å². The van der Waals surface area contributed by atoms with Gasteiger partial charge in [0.1, 0.15) is 16.4 Å². The Bertz CT molecular complexity index is 1260. The molecule has 32 heavy (non-hydrogen) atoms. The second-order valence-corrected chi connectivity index (χ2v) is 11.8. The molecule has 3 aromatic rings. The van der Waals surface area contributed by atoms with Crippen LogP contribution in [-0.2, 0) is 17.6 Å². The SMILES string of the molecule is COc1ccc(Cl)cc1-n1c(SCC(=O)C(C)(C)C)nc2sc3c(c2c1=O)CC[C@H](C)C3. The number of hydrogen-bond acceptors (Lipinski definition) is 6. The normalized spacial score (nSPS) is 16.2. The van der Waals surface area contributed by atoms with Crippen molar-refractivity contribution >= 4 is 50.7 Å². The molecule has 0 saturated carbocycles. The Morgan fingerprint density at radius 1 is 1.38 bits per heavy atom. The van der Waals surface area contributed by atoms with Gasteiger partial charge in [-0.05, 0) is 48.9 Å². The molecule has 8 heteroatoms. The molecule has 1 aromatic carbocycles. The highest BCUT2D eigenvalue weighted by molar-refractivity contribution is 7.99. The Kier molecular flexibility index (Phi) is 6.45. The van der Waals surface area contributed by atoms with Gasteiger partial charge in [0.15, 0.2) is 5.16 Å². The fourth-order valence-corrected chi connectivity index (χ4v) is 6.62. The van der Waals surface area contributed by atoms with Crippen molar-refractivity contribution in [3.05, 3.63) is 44.0 Å². The molecular formula is C24H27ClN2O3S2. The summed E-state index contributed by atoms with van der Waals surface area (Å²) in [5.41, 5.74) is 1.06. The molecule has 0 fully saturated rings. The number of thiophene rings is 1. The number of fused-ring (bicyclic) bond motifs is 3. The molecule has 2 aromatic heterocycles. The lowest BCUT2D eigenvalue weighted by atomic mass is 9.89. The highest BCUT2D eigenvalue weighted by Crippen LogP contribution is 2.38. The molecule has 0 N–H and O–H groups in total. The minimum absolute atomic E-state index is 0.0979. The van der Waals surface area contributed by atoms with E-state index in [4.69, 9.17) is 21.3 Å². The van der Waals surface area contributed by atoms with Crippen LogP contribution in [0.2, 0.25) is 5.02 Å². The van der Waals surface area contributed by atoms with Crippen LogP contribution in [0.25, 0.3) is 15.9 Å². The summed E-state index contributed by atoms with van der Waals surface area (Å²) in [5.74, 6) is 1.45. The molecule has 1 aliphatic carbocycles. The van der Waals surface area contributed by atoms with Crippen LogP contribution >= 0.6 is 34.7 Å². The molecule has 1 atom stereocenters. The van der Waals surface area contributed by atoms with Crippen LogP contribution in [0.1, 0.15) is 44.6 Å². The van der Waals surface area contributed by atoms with Crippen LogP contribution < -0.4 is 10.3 Å². The smallest absolute Gasteiger partial charge is 0.267 e. The highest BCUT2D eigenvalue weighted by atomic mass is 35.5. The second kappa shape index (κ2) is 8.84. The zero-order valence-electron chi connectivity index (χ0n) is 19.0. The van der Waals surface area contributed by atoms with Crippen molar-refractivity contribution in [3.8, 4) is 11.4 Å². The van der Waals surface area contributed by atoms with Crippen molar-refractivity contribution in [2.45, 2.75) is 52.1 Å². The predicted molar refractivity (Wildman–Crippen MR) is 133 cm³/mol. The van der Waals surface area contributed by atoms with Crippen LogP contribution in [0.4, 0.5) is 0 Å². The molecule has 0 saturated heterocycles. The zero-order chi connectivity index (χ0) is 23.2. The summed E-state index contributed by atoms with van der Waals surface area (Å²) in [6.45, 7) is 7.94. The number of rotatable bonds is 5. The Hall–Kier alpha value is -1.83. The van der Waals surface area contributed by atoms with E-state index in [9.17, 15) is 9.59 Å². The van der Waals surface area contributed by atoms with Gasteiger partial charge in [0.25, 0.3) is 5.56 Å². The van der Waals surface area contributed by atoms with Crippen LogP contribution in [0, 0.1) is 11.3 Å². The number of aryl methyl sites for hydroxylation is 1. The number of thioether (sulfide) groups is 1. The minimum atomic E-state index is -0.464. The van der Waals surface area contributed by atoms with Crippen LogP contribution in [-0.4, -0.2) is 28.2 Å². The summed E-state index contributed by atoms with van der Waals surface area (Å²) >= 11 is 9.19. The number of benzene rings is 1. The van der Waals surface area contributed by atoms with E-state index in [0.717, 1.165) is 29.7 Å². The van der Waals surface area contributed by atoms with E-state index in [0.29, 0.717) is 32.9 Å². The zero-order valence-corrected chi connectivity index (χ0v) is 21.3. The largest absolute Gasteiger partial charge is 0.495 e. The Morgan fingerprint density at radius 2 is 2.12 bits per heavy atom. The number of carbonyl (C=O) groups is 1. The molecule has 0 aliphatic heterocycles. The van der Waals surface area contributed by atoms with E-state index in [-0.39, 0.29) is 17.1 Å². The van der Waals surface area contributed by atoms with Crippen molar-refractivity contribution in [2.75, 3.05) is 12.9 Å². The average molecular weight is 491 g/mol. The first kappa shape index (κ1) is 23.3. The third-order valence-corrected chi connectivity index (χ3v) is 8.17. The number of ketones is 1. The standard InChI is InChI=1S/C24H27ClN2O3S2/c1-13-6-8-15-18(10-13)32-21-20(15)22(29)27(16-11-14(25)7-9-17(16)30-5)23(26-21)31-12-19(28)24(2,3)4/h7,9,11,13H,6,8,10,12H2,1-5H3/t13-/m0/s1. The van der Waals surface area contributed by atoms with Crippen molar-refractivity contribution < 1.29 is 9.53 Å². The first-order chi connectivity index (χ1) is 15.1. The van der Waals surface area contributed by atoms with E-state index in [1.165, 1.54) is 16.6 Å². The molecule has 0 radical (unpaired) electrons. The number of ether oxygens (including phenoxy) is 1. The quantitative estimate of drug-likeness (QED) is 0.327. The summed E-state index contributed by atoms with van der Waals surface area (Å²) in [4.78, 5) is 33.4. The number of halogens is 1. The Balaban J connectivity index is 1.95. The first-order valence-corrected chi connectivity index (χ1v) is 12.9. The summed E-state index contributed by atoms with van der Waals surface area (Å²) in [6.07, 6.45) is 2.92. The number of Topliss-reactive ketones (excluding diaryl/α,β-unsaturated/α-hetero) is 1. The molecular weight excluding hydrogens is 464 g/mol. The Labute approximate surface area is 201 Å². The minimum Gasteiger partial charge on any atom is -0.495 e. The van der Waals surface area contributed by atoms with Gasteiger partial charge in [-0.1, -0.05) is 51.1 Å². The summed E-state index contributed by atoms with van der Waals surface area (Å²) < 4.78 is 7.11. The highest BCUT2D eigenvalue weighted by Gasteiger charge is 2.27. The van der Waals surface area contributed by atoms with E-state index in [1.54, 1.807) is 41.2 Å². The summed E-state index contributed by atoms with van der Waals surface area (Å²) in [7, 11) is 1.56. The van der Waals surface area contributed by atoms with Gasteiger partial charge in [0.2, 0.25) is 0 Å². The lowest BCUT2D eigenvalue weighted by Crippen LogP contribution is -2.25. The molecule has 0 unspecified atom stereocenters. The molecule has 2 heterocycles. The number of aromatic nitrogens is 2. The lowest BCUT2D eigenvalue weighted by Gasteiger charge is -2.19. The summed E-state index contributed by atoms with van der Waals surface area (Å²) in [5, 5.41) is 1.66. The summed E-state index contributed by atoms with van der Waals surface area (Å²) in [6, 6.07) is 5.18. The maximum Gasteiger partial charge on any atom is 0.267 e. The van der Waals surface area contributed by atoms with Gasteiger partial charge < -0.3 is 4.74 Å². The van der Waals surface area contributed by atoms with Gasteiger partial charge in [-0.25, -0.2) is 4.98 Å². The second-order valence-electron chi connectivity index (χ2n) is 9.34. The topological polar surface area (TPSA) is 61.2 Å². The molecule has 170 valence electrons. The third kappa shape index (κ3) is 4.35. The molecule has 0 spiro atoms. The fraction of sp³-hybridized carbons (Fsp3) is 0.458. The lowest BCUT2D eigenvalue weighted by molar-refractivity contribution is -0.123. The third-order valence-electron chi connectivity index (χ3n) is 5.85. The van der Waals surface area contributed by atoms with Gasteiger partial charge in [-0.2, -0.15) is 0 Å². The number of carbonyl (C=O) groups excluding carboxylic acids is 1. The van der Waals surface area contributed by atoms with Crippen LogP contribution in [0.3, 0.4) is 0 Å². The predicted octanol–water partition coefficient (Wildman–Crippen LogP) is 5.94. The van der Waals surface area contributed by atoms with Gasteiger partial charge >= 0.3 is 0 Å². The van der Waals surface area contributed by atoms with Gasteiger partial charge in [0, 0.05) is 15.3 Å². The first-order valence-electron chi connectivity index (χ1n) is 10.7. The molecule has 0 amide bonds. The van der Waals surface area contributed by atoms with E-state index >= 15 is 0 Å². The monoisotopic (exact) mass is 490 g/mol. The molecule has 5 nitrogen and oxygen atoms in total. The van der Waals surface area contributed by atoms with E-state index in [1.807, 2.05) is 20.8 Å². The van der Waals surface area contributed by atoms with Crippen molar-refractivity contribution in [2.24, 2.45) is 11.3 Å². The van der Waals surface area contributed by atoms with E-state index < -0.39 is 5.41 Å². The van der Waals surface area contributed by atoms with E-state index in [2.05, 4.69) is 6.92 Å². The van der Waals surface area contributed by atoms with Gasteiger partial charge in [0.05, 0.1) is 23.9 Å². The molecule has 1 aliphatic rings. The number of methoxy groups -OCH3 is 1. The molecule has 4 rings (SSSR count). The number of nitrogens with zero attached hydrogens (tertiary/aromatic N) is 2. The van der Waals surface area contributed by atoms with Crippen LogP contribution in [0.5, 0.6) is 5.75 Å². The van der Waals surface area contributed by atoms with Gasteiger partial charge in [-0.3, -0.25) is 14.2 Å². The maximum atomic E-state index is 13.9. The Morgan fingerprint density at radius 3 is 2.81 bits per heavy atom. The van der Waals surface area contributed by atoms with Crippen molar-refractivity contribution in [1.82, 2.24) is 9.55 Å². The maximum absolute atomic E-state index is 13.9. The number of hydrogen-bond donors (Lipinski definition) is 0. The fourth-order valence-electron chi connectivity index (χ4n) is 3.86. The van der Waals surface area contributed by atoms with Crippen molar-refractivity contribution in [3.63, 3.8) is 0 Å².